The largest absolute Gasteiger partial charge is 0.410 e. The number of thiazole rings is 2. The van der Waals surface area contributed by atoms with Crippen LogP contribution in [-0.4, -0.2) is 68.9 Å². The van der Waals surface area contributed by atoms with Crippen molar-refractivity contribution in [3.05, 3.63) is 58.3 Å². The molecule has 39 heavy (non-hydrogen) atoms. The van der Waals surface area contributed by atoms with Crippen LogP contribution in [0.2, 0.25) is 0 Å². The van der Waals surface area contributed by atoms with Gasteiger partial charge in [0.05, 0.1) is 26.8 Å². The van der Waals surface area contributed by atoms with Gasteiger partial charge in [-0.3, -0.25) is 4.79 Å². The molecule has 5 heterocycles. The standard InChI is InChI=1S/C25H24F3N7OS3/c1-14-22(39-15(2)31-14)18-13-38-24(32-18)33-20-6-4-16(10-29-20)23(36)35-9-8-34(12-19(35)25(26,27)28)21-7-5-17(37-3)11-30-21/h4-7,10-11,13,19H,8-9,12H2,1-3H3,(H,29,32,33). The lowest BCUT2D eigenvalue weighted by atomic mass is 10.1. The molecular weight excluding hydrogens is 568 g/mol. The Balaban J connectivity index is 1.27. The number of hydrogen-bond acceptors (Lipinski definition) is 10. The number of pyridine rings is 2. The third-order valence-electron chi connectivity index (χ3n) is 6.19. The number of carbonyl (C=O) groups is 1. The molecule has 0 saturated carbocycles. The van der Waals surface area contributed by atoms with Gasteiger partial charge in [0.1, 0.15) is 17.7 Å². The molecule has 0 aromatic carbocycles. The first kappa shape index (κ1) is 27.3. The zero-order valence-electron chi connectivity index (χ0n) is 21.2. The zero-order chi connectivity index (χ0) is 27.7. The van der Waals surface area contributed by atoms with Gasteiger partial charge in [0, 0.05) is 42.3 Å². The predicted molar refractivity (Wildman–Crippen MR) is 149 cm³/mol. The van der Waals surface area contributed by atoms with Gasteiger partial charge in [-0.05, 0) is 44.4 Å². The number of aromatic nitrogens is 4. The first-order valence-corrected chi connectivity index (χ1v) is 14.8. The fourth-order valence-electron chi connectivity index (χ4n) is 4.27. The highest BCUT2D eigenvalue weighted by molar-refractivity contribution is 7.98. The van der Waals surface area contributed by atoms with Crippen LogP contribution in [0.15, 0.2) is 46.9 Å². The number of aryl methyl sites for hydroxylation is 2. The second kappa shape index (κ2) is 11.1. The normalized spacial score (nSPS) is 16.0. The van der Waals surface area contributed by atoms with Crippen LogP contribution in [0.3, 0.4) is 0 Å². The number of nitrogens with one attached hydrogen (secondary N) is 1. The van der Waals surface area contributed by atoms with E-state index in [0.717, 1.165) is 31.1 Å². The minimum absolute atomic E-state index is 0.0845. The van der Waals surface area contributed by atoms with Crippen LogP contribution in [0.5, 0.6) is 0 Å². The molecule has 1 saturated heterocycles. The van der Waals surface area contributed by atoms with Crippen molar-refractivity contribution >= 4 is 57.1 Å². The van der Waals surface area contributed by atoms with Gasteiger partial charge >= 0.3 is 6.18 Å². The number of carbonyl (C=O) groups excluding carboxylic acids is 1. The summed E-state index contributed by atoms with van der Waals surface area (Å²) in [5.41, 5.74) is 1.81. The Morgan fingerprint density at radius 3 is 2.54 bits per heavy atom. The first-order chi connectivity index (χ1) is 18.6. The van der Waals surface area contributed by atoms with Crippen molar-refractivity contribution < 1.29 is 18.0 Å². The summed E-state index contributed by atoms with van der Waals surface area (Å²) < 4.78 is 42.2. The topological polar surface area (TPSA) is 87.1 Å². The molecule has 14 heteroatoms. The molecule has 0 spiro atoms. The lowest BCUT2D eigenvalue weighted by Crippen LogP contribution is -2.61. The van der Waals surface area contributed by atoms with Gasteiger partial charge in [-0.2, -0.15) is 13.2 Å². The Morgan fingerprint density at radius 2 is 1.92 bits per heavy atom. The molecule has 1 N–H and O–H groups in total. The average molecular weight is 592 g/mol. The summed E-state index contributed by atoms with van der Waals surface area (Å²) in [6.07, 6.45) is 0.229. The third-order valence-corrected chi connectivity index (χ3v) is 8.75. The van der Waals surface area contributed by atoms with Crippen molar-refractivity contribution in [2.24, 2.45) is 0 Å². The number of rotatable bonds is 6. The van der Waals surface area contributed by atoms with E-state index in [1.165, 1.54) is 35.4 Å². The highest BCUT2D eigenvalue weighted by Crippen LogP contribution is 2.33. The van der Waals surface area contributed by atoms with E-state index in [1.807, 2.05) is 31.5 Å². The zero-order valence-corrected chi connectivity index (χ0v) is 23.6. The molecule has 1 unspecified atom stereocenters. The number of hydrogen-bond donors (Lipinski definition) is 1. The second-order valence-corrected chi connectivity index (χ2v) is 11.7. The number of thioether (sulfide) groups is 1. The van der Waals surface area contributed by atoms with Gasteiger partial charge in [0.2, 0.25) is 0 Å². The van der Waals surface area contributed by atoms with E-state index in [0.29, 0.717) is 16.8 Å². The van der Waals surface area contributed by atoms with Crippen LogP contribution in [0.4, 0.5) is 29.9 Å². The van der Waals surface area contributed by atoms with Crippen molar-refractivity contribution in [1.82, 2.24) is 24.8 Å². The van der Waals surface area contributed by atoms with E-state index in [2.05, 4.69) is 25.3 Å². The Kier molecular flexibility index (Phi) is 7.78. The van der Waals surface area contributed by atoms with E-state index < -0.39 is 18.1 Å². The Bertz CT molecular complexity index is 1460. The third kappa shape index (κ3) is 6.02. The van der Waals surface area contributed by atoms with E-state index in [1.54, 1.807) is 34.6 Å². The van der Waals surface area contributed by atoms with Gasteiger partial charge in [0.15, 0.2) is 5.13 Å². The number of halogens is 3. The lowest BCUT2D eigenvalue weighted by Gasteiger charge is -2.42. The van der Waals surface area contributed by atoms with Crippen molar-refractivity contribution in [2.75, 3.05) is 36.1 Å². The van der Waals surface area contributed by atoms with Crippen LogP contribution in [-0.2, 0) is 0 Å². The molecule has 8 nitrogen and oxygen atoms in total. The molecule has 1 atom stereocenters. The molecule has 1 amide bonds. The minimum Gasteiger partial charge on any atom is -0.352 e. The number of piperazine rings is 1. The van der Waals surface area contributed by atoms with E-state index in [-0.39, 0.29) is 25.2 Å². The monoisotopic (exact) mass is 591 g/mol. The van der Waals surface area contributed by atoms with Crippen LogP contribution in [0, 0.1) is 13.8 Å². The van der Waals surface area contributed by atoms with Crippen molar-refractivity contribution in [3.63, 3.8) is 0 Å². The Morgan fingerprint density at radius 1 is 1.10 bits per heavy atom. The highest BCUT2D eigenvalue weighted by Gasteiger charge is 2.48. The van der Waals surface area contributed by atoms with Gasteiger partial charge < -0.3 is 15.1 Å². The molecular formula is C25H24F3N7OS3. The maximum Gasteiger partial charge on any atom is 0.410 e. The number of anilines is 3. The maximum atomic E-state index is 14.1. The average Bonchev–Trinajstić information content (AvgIpc) is 3.52. The quantitative estimate of drug-likeness (QED) is 0.272. The van der Waals surface area contributed by atoms with Gasteiger partial charge in [0.25, 0.3) is 5.91 Å². The van der Waals surface area contributed by atoms with Crippen LogP contribution >= 0.6 is 34.4 Å². The molecule has 1 fully saturated rings. The summed E-state index contributed by atoms with van der Waals surface area (Å²) in [6, 6.07) is 4.60. The number of alkyl halides is 3. The molecule has 1 aliphatic heterocycles. The van der Waals surface area contributed by atoms with Crippen LogP contribution in [0.25, 0.3) is 10.6 Å². The Hall–Kier alpha value is -3.23. The van der Waals surface area contributed by atoms with Crippen LogP contribution in [0.1, 0.15) is 21.1 Å². The lowest BCUT2D eigenvalue weighted by molar-refractivity contribution is -0.177. The number of nitrogens with zero attached hydrogens (tertiary/aromatic N) is 6. The maximum absolute atomic E-state index is 14.1. The molecule has 4 aromatic rings. The molecule has 0 radical (unpaired) electrons. The van der Waals surface area contributed by atoms with E-state index in [9.17, 15) is 18.0 Å². The van der Waals surface area contributed by atoms with Crippen molar-refractivity contribution in [2.45, 2.75) is 31.0 Å². The molecule has 1 aliphatic rings. The summed E-state index contributed by atoms with van der Waals surface area (Å²) in [5.74, 6) is 0.174. The predicted octanol–water partition coefficient (Wildman–Crippen LogP) is 6.03. The van der Waals surface area contributed by atoms with Crippen LogP contribution < -0.4 is 10.2 Å². The van der Waals surface area contributed by atoms with E-state index in [4.69, 9.17) is 0 Å². The van der Waals surface area contributed by atoms with Gasteiger partial charge in [-0.25, -0.2) is 19.9 Å². The van der Waals surface area contributed by atoms with Gasteiger partial charge in [-0.15, -0.1) is 34.4 Å². The number of amides is 1. The second-order valence-electron chi connectivity index (χ2n) is 8.80. The van der Waals surface area contributed by atoms with Crippen molar-refractivity contribution in [3.8, 4) is 10.6 Å². The summed E-state index contributed by atoms with van der Waals surface area (Å²) in [6.45, 7) is 3.64. The fourth-order valence-corrected chi connectivity index (χ4v) is 6.29. The smallest absolute Gasteiger partial charge is 0.352 e. The van der Waals surface area contributed by atoms with E-state index >= 15 is 0 Å². The SMILES string of the molecule is CSc1ccc(N2CCN(C(=O)c3ccc(Nc4nc(-c5sc(C)nc5C)cs4)nc3)C(C(F)(F)F)C2)nc1. The molecule has 5 rings (SSSR count). The summed E-state index contributed by atoms with van der Waals surface area (Å²) in [7, 11) is 0. The van der Waals surface area contributed by atoms with Crippen molar-refractivity contribution in [1.29, 1.82) is 0 Å². The fraction of sp³-hybridized carbons (Fsp3) is 0.320. The summed E-state index contributed by atoms with van der Waals surface area (Å²) >= 11 is 4.47. The summed E-state index contributed by atoms with van der Waals surface area (Å²) in [4.78, 5) is 35.1. The highest BCUT2D eigenvalue weighted by atomic mass is 32.2. The Labute approximate surface area is 235 Å². The summed E-state index contributed by atoms with van der Waals surface area (Å²) in [5, 5.41) is 6.58. The molecule has 0 bridgehead atoms. The molecule has 204 valence electrons. The van der Waals surface area contributed by atoms with Gasteiger partial charge in [-0.1, -0.05) is 0 Å². The molecule has 0 aliphatic carbocycles. The minimum atomic E-state index is -4.60. The first-order valence-electron chi connectivity index (χ1n) is 11.9. The molecule has 4 aromatic heterocycles.